The molecule has 3 aliphatic rings. The maximum absolute atomic E-state index is 14.6. The van der Waals surface area contributed by atoms with E-state index in [4.69, 9.17) is 12.6 Å². The second-order valence-corrected chi connectivity index (χ2v) is 9.92. The zero-order chi connectivity index (χ0) is 19.5. The Morgan fingerprint density at radius 3 is 2.68 bits per heavy atom. The van der Waals surface area contributed by atoms with Gasteiger partial charge < -0.3 is 0 Å². The molecule has 28 heavy (non-hydrogen) atoms. The zero-order valence-corrected chi connectivity index (χ0v) is 17.9. The van der Waals surface area contributed by atoms with Gasteiger partial charge in [0.25, 0.3) is 0 Å². The van der Waals surface area contributed by atoms with Crippen LogP contribution in [0.1, 0.15) is 30.9 Å². The number of Topliss-reactive ketones (excluding diaryl/α,β-unsaturated/α-hetero) is 1. The van der Waals surface area contributed by atoms with Crippen LogP contribution in [0.3, 0.4) is 0 Å². The molecule has 2 atom stereocenters. The molecule has 6 heteroatoms. The molecule has 2 aliphatic heterocycles. The van der Waals surface area contributed by atoms with Crippen LogP contribution in [-0.2, 0) is 4.79 Å². The fraction of sp³-hybridized carbons (Fsp3) is 0.591. The first-order valence-electron chi connectivity index (χ1n) is 10.3. The molecule has 4 rings (SSSR count). The lowest BCUT2D eigenvalue weighted by molar-refractivity contribution is -0.126. The Balaban J connectivity index is 1.53. The molecule has 1 saturated carbocycles. The van der Waals surface area contributed by atoms with Gasteiger partial charge in [0.2, 0.25) is 0 Å². The van der Waals surface area contributed by atoms with Gasteiger partial charge in [-0.15, -0.1) is 0 Å². The van der Waals surface area contributed by atoms with Gasteiger partial charge in [0.05, 0.1) is 6.04 Å². The Hall–Kier alpha value is -0.820. The van der Waals surface area contributed by atoms with Crippen molar-refractivity contribution in [1.82, 2.24) is 9.80 Å². The lowest BCUT2D eigenvalue weighted by Crippen LogP contribution is -2.43. The summed E-state index contributed by atoms with van der Waals surface area (Å²) in [5, 5.41) is 0.229. The van der Waals surface area contributed by atoms with Crippen molar-refractivity contribution in [2.24, 2.45) is 5.92 Å². The van der Waals surface area contributed by atoms with E-state index in [0.717, 1.165) is 45.4 Å². The molecule has 2 heterocycles. The van der Waals surface area contributed by atoms with Crippen LogP contribution in [0.25, 0.3) is 0 Å². The topological polar surface area (TPSA) is 23.6 Å². The molecule has 2 unspecified atom stereocenters. The van der Waals surface area contributed by atoms with Gasteiger partial charge in [0.1, 0.15) is 5.82 Å². The molecular formula is C22H29FN2OS2. The minimum Gasteiger partial charge on any atom is -0.298 e. The molecule has 3 nitrogen and oxygen atoms in total. The van der Waals surface area contributed by atoms with Crippen molar-refractivity contribution >= 4 is 30.2 Å². The lowest BCUT2D eigenvalue weighted by atomic mass is 9.93. The van der Waals surface area contributed by atoms with E-state index < -0.39 is 6.04 Å². The Labute approximate surface area is 177 Å². The monoisotopic (exact) mass is 420 g/mol. The largest absolute Gasteiger partial charge is 0.298 e. The summed E-state index contributed by atoms with van der Waals surface area (Å²) in [5.41, 5.74) is 1.81. The number of ketones is 1. The molecule has 1 aliphatic carbocycles. The molecule has 0 spiro atoms. The van der Waals surface area contributed by atoms with Crippen molar-refractivity contribution in [2.75, 3.05) is 44.2 Å². The maximum Gasteiger partial charge on any atom is 0.157 e. The number of benzene rings is 1. The summed E-state index contributed by atoms with van der Waals surface area (Å²) in [4.78, 5) is 17.8. The van der Waals surface area contributed by atoms with E-state index in [1.165, 1.54) is 23.1 Å². The third kappa shape index (κ3) is 4.84. The van der Waals surface area contributed by atoms with E-state index in [0.29, 0.717) is 12.1 Å². The second-order valence-electron chi connectivity index (χ2n) is 8.07. The quantitative estimate of drug-likeness (QED) is 0.558. The van der Waals surface area contributed by atoms with Gasteiger partial charge in [0, 0.05) is 61.0 Å². The molecule has 2 saturated heterocycles. The third-order valence-electron chi connectivity index (χ3n) is 6.03. The maximum atomic E-state index is 14.6. The molecular weight excluding hydrogens is 391 g/mol. The summed E-state index contributed by atoms with van der Waals surface area (Å²) >= 11 is 6.82. The van der Waals surface area contributed by atoms with Gasteiger partial charge in [-0.3, -0.25) is 14.6 Å². The number of hydrogen-bond acceptors (Lipinski definition) is 5. The average molecular weight is 421 g/mol. The van der Waals surface area contributed by atoms with Gasteiger partial charge in [-0.1, -0.05) is 24.3 Å². The van der Waals surface area contributed by atoms with Crippen molar-refractivity contribution in [3.8, 4) is 0 Å². The number of carbonyl (C=O) groups excluding carboxylic acids is 1. The number of likely N-dealkylation sites (tertiary alicyclic amines) is 1. The highest BCUT2D eigenvalue weighted by molar-refractivity contribution is 7.99. The van der Waals surface area contributed by atoms with Gasteiger partial charge in [0.15, 0.2) is 5.78 Å². The van der Waals surface area contributed by atoms with Crippen LogP contribution in [0.15, 0.2) is 35.9 Å². The second kappa shape index (κ2) is 9.33. The van der Waals surface area contributed by atoms with Crippen molar-refractivity contribution in [3.63, 3.8) is 0 Å². The molecule has 0 aromatic heterocycles. The highest BCUT2D eigenvalue weighted by atomic mass is 32.2. The third-order valence-corrected chi connectivity index (χ3v) is 7.57. The fourth-order valence-electron chi connectivity index (χ4n) is 4.16. The van der Waals surface area contributed by atoms with Crippen molar-refractivity contribution in [2.45, 2.75) is 30.6 Å². The zero-order valence-electron chi connectivity index (χ0n) is 16.2. The van der Waals surface area contributed by atoms with Crippen LogP contribution in [-0.4, -0.2) is 65.1 Å². The van der Waals surface area contributed by atoms with E-state index in [1.54, 1.807) is 12.1 Å². The summed E-state index contributed by atoms with van der Waals surface area (Å²) in [5.74, 6) is 2.42. The number of thioether (sulfide) groups is 1. The fourth-order valence-corrected chi connectivity index (χ4v) is 5.44. The molecule has 3 fully saturated rings. The van der Waals surface area contributed by atoms with Crippen LogP contribution < -0.4 is 0 Å². The number of piperidine rings is 1. The molecule has 152 valence electrons. The van der Waals surface area contributed by atoms with E-state index in [-0.39, 0.29) is 22.8 Å². The highest BCUT2D eigenvalue weighted by Gasteiger charge is 2.40. The van der Waals surface area contributed by atoms with Crippen molar-refractivity contribution < 1.29 is 9.18 Å². The number of rotatable bonds is 6. The Bertz CT molecular complexity index is 731. The molecule has 1 aromatic carbocycles. The summed E-state index contributed by atoms with van der Waals surface area (Å²) in [6.07, 6.45) is 5.10. The van der Waals surface area contributed by atoms with Crippen LogP contribution in [0.4, 0.5) is 4.39 Å². The molecule has 0 N–H and O–H groups in total. The first kappa shape index (κ1) is 20.5. The molecule has 0 amide bonds. The van der Waals surface area contributed by atoms with E-state index in [1.807, 2.05) is 17.8 Å². The van der Waals surface area contributed by atoms with Crippen molar-refractivity contribution in [3.05, 3.63) is 47.3 Å². The summed E-state index contributed by atoms with van der Waals surface area (Å²) in [6.45, 7) is 4.69. The molecule has 0 radical (unpaired) electrons. The van der Waals surface area contributed by atoms with Crippen LogP contribution >= 0.6 is 24.4 Å². The van der Waals surface area contributed by atoms with E-state index >= 15 is 0 Å². The predicted molar refractivity (Wildman–Crippen MR) is 118 cm³/mol. The SMILES string of the molecule is O=C(C1CC1)C(c1ccccc1F)N1CCC(S)/C(=C/CN2CCSCC2)C1. The number of thiol groups is 1. The van der Waals surface area contributed by atoms with E-state index in [9.17, 15) is 9.18 Å². The Morgan fingerprint density at radius 2 is 1.96 bits per heavy atom. The summed E-state index contributed by atoms with van der Waals surface area (Å²) < 4.78 is 14.6. The van der Waals surface area contributed by atoms with Crippen LogP contribution in [0.2, 0.25) is 0 Å². The smallest absolute Gasteiger partial charge is 0.157 e. The number of hydrogen-bond donors (Lipinski definition) is 1. The van der Waals surface area contributed by atoms with E-state index in [2.05, 4.69) is 15.9 Å². The highest BCUT2D eigenvalue weighted by Crippen LogP contribution is 2.39. The Kier molecular flexibility index (Phi) is 6.81. The van der Waals surface area contributed by atoms with Gasteiger partial charge in [-0.25, -0.2) is 4.39 Å². The van der Waals surface area contributed by atoms with Crippen molar-refractivity contribution in [1.29, 1.82) is 0 Å². The van der Waals surface area contributed by atoms with Crippen LogP contribution in [0.5, 0.6) is 0 Å². The lowest BCUT2D eigenvalue weighted by Gasteiger charge is -2.38. The number of nitrogens with zero attached hydrogens (tertiary/aromatic N) is 2. The normalized spacial score (nSPS) is 27.1. The summed E-state index contributed by atoms with van der Waals surface area (Å²) in [6, 6.07) is 6.31. The minimum atomic E-state index is -0.468. The van der Waals surface area contributed by atoms with Gasteiger partial charge in [-0.05, 0) is 30.9 Å². The average Bonchev–Trinajstić information content (AvgIpc) is 3.56. The summed E-state index contributed by atoms with van der Waals surface area (Å²) in [7, 11) is 0. The number of halogens is 1. The molecule has 0 bridgehead atoms. The Morgan fingerprint density at radius 1 is 1.21 bits per heavy atom. The molecule has 1 aromatic rings. The predicted octanol–water partition coefficient (Wildman–Crippen LogP) is 3.83. The number of carbonyl (C=O) groups is 1. The first-order valence-corrected chi connectivity index (χ1v) is 12.0. The first-order chi connectivity index (χ1) is 13.6. The van der Waals surface area contributed by atoms with Crippen LogP contribution in [0, 0.1) is 11.7 Å². The van der Waals surface area contributed by atoms with Gasteiger partial charge >= 0.3 is 0 Å². The standard InChI is InChI=1S/C22H29FN2OS2/c23-19-4-2-1-3-18(19)21(22(26)16-5-6-16)25-10-8-20(27)17(15-25)7-9-24-11-13-28-14-12-24/h1-4,7,16,20-21,27H,5-6,8-15H2/b17-7+. The van der Waals surface area contributed by atoms with Gasteiger partial charge in [-0.2, -0.15) is 24.4 Å². The minimum absolute atomic E-state index is 0.108.